The molecular weight excluding hydrogens is 258 g/mol. The number of hydrogen-bond acceptors (Lipinski definition) is 5. The van der Waals surface area contributed by atoms with E-state index >= 15 is 0 Å². The number of aryl methyl sites for hydroxylation is 2. The van der Waals surface area contributed by atoms with Gasteiger partial charge in [0.15, 0.2) is 0 Å². The quantitative estimate of drug-likeness (QED) is 0.656. The lowest BCUT2D eigenvalue weighted by Crippen LogP contribution is -2.14. The minimum Gasteiger partial charge on any atom is -0.384 e. The van der Waals surface area contributed by atoms with Crippen LogP contribution in [0.1, 0.15) is 23.2 Å². The topological polar surface area (TPSA) is 88.5 Å². The molecule has 1 aliphatic carbocycles. The van der Waals surface area contributed by atoms with E-state index in [-0.39, 0.29) is 5.84 Å². The fraction of sp³-hybridized carbons (Fsp3) is 0.231. The lowest BCUT2D eigenvalue weighted by molar-refractivity contribution is 0.890. The average molecular weight is 271 g/mol. The number of fused-ring (bicyclic) bond motifs is 1. The average Bonchev–Trinajstić information content (AvgIpc) is 2.86. The summed E-state index contributed by atoms with van der Waals surface area (Å²) >= 11 is 1.40. The summed E-state index contributed by atoms with van der Waals surface area (Å²) in [7, 11) is 0. The molecule has 5 nitrogen and oxygen atoms in total. The maximum atomic E-state index is 7.69. The zero-order valence-electron chi connectivity index (χ0n) is 10.3. The van der Waals surface area contributed by atoms with Crippen LogP contribution in [0.3, 0.4) is 0 Å². The molecule has 2 heterocycles. The van der Waals surface area contributed by atoms with Crippen molar-refractivity contribution >= 4 is 17.6 Å². The van der Waals surface area contributed by atoms with Crippen LogP contribution >= 0.6 is 11.8 Å². The second-order valence-electron chi connectivity index (χ2n) is 4.36. The molecule has 19 heavy (non-hydrogen) atoms. The van der Waals surface area contributed by atoms with Crippen LogP contribution in [0, 0.1) is 5.41 Å². The maximum absolute atomic E-state index is 7.69. The summed E-state index contributed by atoms with van der Waals surface area (Å²) in [6, 6.07) is 2.00. The number of nitrogens with zero attached hydrogens (tertiary/aromatic N) is 3. The van der Waals surface area contributed by atoms with Crippen molar-refractivity contribution in [2.45, 2.75) is 29.3 Å². The van der Waals surface area contributed by atoms with Gasteiger partial charge in [-0.15, -0.1) is 0 Å². The molecule has 96 valence electrons. The van der Waals surface area contributed by atoms with E-state index in [1.54, 1.807) is 18.6 Å². The highest BCUT2D eigenvalue weighted by Gasteiger charge is 2.18. The predicted molar refractivity (Wildman–Crippen MR) is 73.4 cm³/mol. The van der Waals surface area contributed by atoms with Crippen molar-refractivity contribution in [1.29, 1.82) is 5.41 Å². The predicted octanol–water partition coefficient (Wildman–Crippen LogP) is 1.80. The third kappa shape index (κ3) is 2.44. The van der Waals surface area contributed by atoms with Gasteiger partial charge in [-0.1, -0.05) is 0 Å². The molecule has 2 aromatic rings. The maximum Gasteiger partial charge on any atom is 0.125 e. The summed E-state index contributed by atoms with van der Waals surface area (Å²) in [6.07, 6.45) is 8.11. The number of hydrogen-bond donors (Lipinski definition) is 2. The van der Waals surface area contributed by atoms with E-state index in [0.29, 0.717) is 5.56 Å². The van der Waals surface area contributed by atoms with Gasteiger partial charge in [-0.2, -0.15) is 0 Å². The highest BCUT2D eigenvalue weighted by molar-refractivity contribution is 7.99. The Morgan fingerprint density at radius 1 is 1.32 bits per heavy atom. The molecule has 0 bridgehead atoms. The third-order valence-electron chi connectivity index (χ3n) is 3.05. The smallest absolute Gasteiger partial charge is 0.125 e. The Morgan fingerprint density at radius 3 is 2.95 bits per heavy atom. The molecule has 0 saturated carbocycles. The zero-order valence-corrected chi connectivity index (χ0v) is 11.1. The molecule has 3 rings (SSSR count). The second kappa shape index (κ2) is 4.97. The lowest BCUT2D eigenvalue weighted by Gasteiger charge is -2.09. The summed E-state index contributed by atoms with van der Waals surface area (Å²) in [5.74, 6) is 0.0496. The van der Waals surface area contributed by atoms with Crippen LogP contribution in [0.25, 0.3) is 0 Å². The Balaban J connectivity index is 2.02. The van der Waals surface area contributed by atoms with Gasteiger partial charge >= 0.3 is 0 Å². The number of pyridine rings is 1. The van der Waals surface area contributed by atoms with Crippen LogP contribution in [-0.4, -0.2) is 20.8 Å². The molecule has 0 atom stereocenters. The van der Waals surface area contributed by atoms with Crippen molar-refractivity contribution in [1.82, 2.24) is 15.0 Å². The highest BCUT2D eigenvalue weighted by Crippen LogP contribution is 2.31. The molecule has 0 aromatic carbocycles. The van der Waals surface area contributed by atoms with Crippen molar-refractivity contribution in [2.24, 2.45) is 5.73 Å². The zero-order chi connectivity index (χ0) is 13.2. The van der Waals surface area contributed by atoms with E-state index in [0.717, 1.165) is 35.0 Å². The fourth-order valence-electron chi connectivity index (χ4n) is 2.16. The summed E-state index contributed by atoms with van der Waals surface area (Å²) < 4.78 is 0. The second-order valence-corrected chi connectivity index (χ2v) is 5.37. The van der Waals surface area contributed by atoms with E-state index in [4.69, 9.17) is 11.1 Å². The summed E-state index contributed by atoms with van der Waals surface area (Å²) in [5.41, 5.74) is 8.69. The Kier molecular flexibility index (Phi) is 3.16. The van der Waals surface area contributed by atoms with Gasteiger partial charge in [0, 0.05) is 23.7 Å². The summed E-state index contributed by atoms with van der Waals surface area (Å²) in [6.45, 7) is 0. The number of amidine groups is 1. The number of nitrogen functional groups attached to an aromatic ring is 1. The van der Waals surface area contributed by atoms with E-state index in [1.807, 2.05) is 6.07 Å². The molecule has 0 saturated heterocycles. The Hall–Kier alpha value is -1.95. The van der Waals surface area contributed by atoms with Crippen LogP contribution in [0.2, 0.25) is 0 Å². The number of rotatable bonds is 3. The van der Waals surface area contributed by atoms with E-state index < -0.39 is 0 Å². The van der Waals surface area contributed by atoms with Crippen molar-refractivity contribution < 1.29 is 0 Å². The summed E-state index contributed by atoms with van der Waals surface area (Å²) in [4.78, 5) is 12.9. The van der Waals surface area contributed by atoms with Gasteiger partial charge in [-0.25, -0.2) is 9.97 Å². The first-order valence-electron chi connectivity index (χ1n) is 6.05. The van der Waals surface area contributed by atoms with Gasteiger partial charge in [0.2, 0.25) is 0 Å². The standard InChI is InChI=1S/C13H13N5S/c14-12(15)9-6-8-2-1-3-10(8)18-13(9)19-11-7-16-4-5-17-11/h4-7H,1-3H2,(H3,14,15). The normalized spacial score (nSPS) is 13.3. The Morgan fingerprint density at radius 2 is 2.21 bits per heavy atom. The SMILES string of the molecule is N=C(N)c1cc2c(nc1Sc1cnccn1)CCC2. The molecule has 2 aromatic heterocycles. The molecule has 0 fully saturated rings. The molecule has 1 aliphatic rings. The van der Waals surface area contributed by atoms with Crippen LogP contribution in [0.5, 0.6) is 0 Å². The van der Waals surface area contributed by atoms with Crippen LogP contribution in [0.15, 0.2) is 34.7 Å². The van der Waals surface area contributed by atoms with Crippen molar-refractivity contribution in [2.75, 3.05) is 0 Å². The molecule has 0 radical (unpaired) electrons. The largest absolute Gasteiger partial charge is 0.384 e. The van der Waals surface area contributed by atoms with Crippen molar-refractivity contribution in [3.05, 3.63) is 41.5 Å². The number of nitrogens with one attached hydrogen (secondary N) is 1. The minimum absolute atomic E-state index is 0.0496. The van der Waals surface area contributed by atoms with Crippen LogP contribution in [0.4, 0.5) is 0 Å². The summed E-state index contributed by atoms with van der Waals surface area (Å²) in [5, 5.41) is 9.20. The molecular formula is C13H13N5S. The molecule has 3 N–H and O–H groups in total. The Labute approximate surface area is 115 Å². The fourth-order valence-corrected chi connectivity index (χ4v) is 3.02. The number of aromatic nitrogens is 3. The van der Waals surface area contributed by atoms with Gasteiger partial charge in [0.25, 0.3) is 0 Å². The first kappa shape index (κ1) is 12.1. The van der Waals surface area contributed by atoms with Crippen LogP contribution < -0.4 is 5.73 Å². The first-order chi connectivity index (χ1) is 9.24. The minimum atomic E-state index is 0.0496. The van der Waals surface area contributed by atoms with Gasteiger partial charge < -0.3 is 5.73 Å². The van der Waals surface area contributed by atoms with Gasteiger partial charge in [0.05, 0.1) is 6.20 Å². The van der Waals surface area contributed by atoms with Crippen LogP contribution in [-0.2, 0) is 12.8 Å². The molecule has 0 unspecified atom stereocenters. The molecule has 0 amide bonds. The monoisotopic (exact) mass is 271 g/mol. The van der Waals surface area contributed by atoms with E-state index in [9.17, 15) is 0 Å². The molecule has 0 spiro atoms. The third-order valence-corrected chi connectivity index (χ3v) is 3.97. The van der Waals surface area contributed by atoms with E-state index in [1.165, 1.54) is 17.3 Å². The highest BCUT2D eigenvalue weighted by atomic mass is 32.2. The van der Waals surface area contributed by atoms with Gasteiger partial charge in [0.1, 0.15) is 15.9 Å². The van der Waals surface area contributed by atoms with Gasteiger partial charge in [-0.05, 0) is 42.7 Å². The van der Waals surface area contributed by atoms with E-state index in [2.05, 4.69) is 15.0 Å². The van der Waals surface area contributed by atoms with Gasteiger partial charge in [-0.3, -0.25) is 10.4 Å². The number of nitrogens with two attached hydrogens (primary N) is 1. The van der Waals surface area contributed by atoms with Crippen molar-refractivity contribution in [3.63, 3.8) is 0 Å². The van der Waals surface area contributed by atoms with Crippen molar-refractivity contribution in [3.8, 4) is 0 Å². The molecule has 0 aliphatic heterocycles. The molecule has 6 heteroatoms. The Bertz CT molecular complexity index is 626. The first-order valence-corrected chi connectivity index (χ1v) is 6.87. The lowest BCUT2D eigenvalue weighted by atomic mass is 10.1.